The van der Waals surface area contributed by atoms with Crippen LogP contribution in [0, 0.1) is 0 Å². The van der Waals surface area contributed by atoms with Crippen molar-refractivity contribution in [3.8, 4) is 0 Å². The summed E-state index contributed by atoms with van der Waals surface area (Å²) in [6.07, 6.45) is 2.30. The Morgan fingerprint density at radius 1 is 1.30 bits per heavy atom. The van der Waals surface area contributed by atoms with Gasteiger partial charge in [0, 0.05) is 25.5 Å². The van der Waals surface area contributed by atoms with Crippen LogP contribution in [0.5, 0.6) is 0 Å². The highest BCUT2D eigenvalue weighted by atomic mass is 16.4. The Kier molecular flexibility index (Phi) is 2.78. The molecule has 6 nitrogen and oxygen atoms in total. The summed E-state index contributed by atoms with van der Waals surface area (Å²) >= 11 is 0. The van der Waals surface area contributed by atoms with Crippen LogP contribution in [0.3, 0.4) is 0 Å². The molecule has 1 N–H and O–H groups in total. The largest absolute Gasteiger partial charge is 0.478 e. The first-order chi connectivity index (χ1) is 9.58. The van der Waals surface area contributed by atoms with Crippen molar-refractivity contribution < 1.29 is 14.7 Å². The van der Waals surface area contributed by atoms with Gasteiger partial charge in [-0.05, 0) is 30.2 Å². The van der Waals surface area contributed by atoms with Gasteiger partial charge < -0.3 is 10.0 Å². The maximum absolute atomic E-state index is 12.5. The Labute approximate surface area is 115 Å². The first-order valence-corrected chi connectivity index (χ1v) is 6.24. The topological polar surface area (TPSA) is 75.4 Å². The van der Waals surface area contributed by atoms with E-state index in [1.165, 1.54) is 4.68 Å². The van der Waals surface area contributed by atoms with Crippen LogP contribution in [0.4, 0.5) is 5.69 Å². The van der Waals surface area contributed by atoms with Crippen LogP contribution >= 0.6 is 0 Å². The minimum atomic E-state index is -0.993. The van der Waals surface area contributed by atoms with E-state index in [-0.39, 0.29) is 11.5 Å². The summed E-state index contributed by atoms with van der Waals surface area (Å²) in [5, 5.41) is 13.0. The van der Waals surface area contributed by atoms with Gasteiger partial charge in [-0.15, -0.1) is 0 Å². The Morgan fingerprint density at radius 3 is 2.75 bits per heavy atom. The molecule has 0 aliphatic carbocycles. The average Bonchev–Trinajstić information content (AvgIpc) is 3.03. The lowest BCUT2D eigenvalue weighted by Gasteiger charge is -2.17. The molecule has 0 unspecified atom stereocenters. The number of hydrogen-bond acceptors (Lipinski definition) is 3. The van der Waals surface area contributed by atoms with E-state index in [0.29, 0.717) is 17.9 Å². The zero-order chi connectivity index (χ0) is 14.3. The van der Waals surface area contributed by atoms with Gasteiger partial charge >= 0.3 is 5.97 Å². The number of amides is 1. The summed E-state index contributed by atoms with van der Waals surface area (Å²) < 4.78 is 1.52. The molecule has 0 saturated heterocycles. The molecule has 3 rings (SSSR count). The lowest BCUT2D eigenvalue weighted by molar-refractivity contribution is 0.0696. The SMILES string of the molecule is Cn1nccc1C(=O)N1CCc2ccc(C(=O)O)cc21. The first kappa shape index (κ1) is 12.4. The maximum Gasteiger partial charge on any atom is 0.335 e. The molecule has 102 valence electrons. The number of benzene rings is 1. The summed E-state index contributed by atoms with van der Waals surface area (Å²) in [6, 6.07) is 6.55. The second kappa shape index (κ2) is 4.48. The quantitative estimate of drug-likeness (QED) is 0.893. The van der Waals surface area contributed by atoms with Gasteiger partial charge in [0.05, 0.1) is 5.56 Å². The van der Waals surface area contributed by atoms with Crippen molar-refractivity contribution in [1.82, 2.24) is 9.78 Å². The number of aryl methyl sites for hydroxylation is 1. The van der Waals surface area contributed by atoms with Gasteiger partial charge in [0.2, 0.25) is 0 Å². The molecule has 0 atom stereocenters. The third kappa shape index (κ3) is 1.85. The summed E-state index contributed by atoms with van der Waals surface area (Å²) in [4.78, 5) is 25.1. The third-order valence-corrected chi connectivity index (χ3v) is 3.51. The van der Waals surface area contributed by atoms with Crippen LogP contribution in [0.25, 0.3) is 0 Å². The van der Waals surface area contributed by atoms with E-state index in [1.54, 1.807) is 42.4 Å². The minimum absolute atomic E-state index is 0.161. The summed E-state index contributed by atoms with van der Waals surface area (Å²) in [5.74, 6) is -1.15. The lowest BCUT2D eigenvalue weighted by Crippen LogP contribution is -2.30. The number of rotatable bonds is 2. The highest BCUT2D eigenvalue weighted by Crippen LogP contribution is 2.30. The molecule has 0 spiro atoms. The minimum Gasteiger partial charge on any atom is -0.478 e. The molecule has 20 heavy (non-hydrogen) atoms. The first-order valence-electron chi connectivity index (χ1n) is 6.24. The second-order valence-electron chi connectivity index (χ2n) is 4.70. The van der Waals surface area contributed by atoms with Crippen molar-refractivity contribution in [3.63, 3.8) is 0 Å². The van der Waals surface area contributed by atoms with Gasteiger partial charge in [-0.3, -0.25) is 9.48 Å². The molecular formula is C14H13N3O3. The Balaban J connectivity index is 2.00. The molecule has 6 heteroatoms. The number of carbonyl (C=O) groups is 2. The van der Waals surface area contributed by atoms with Gasteiger partial charge in [-0.2, -0.15) is 5.10 Å². The molecule has 0 radical (unpaired) electrons. The summed E-state index contributed by atoms with van der Waals surface area (Å²) in [6.45, 7) is 0.558. The van der Waals surface area contributed by atoms with E-state index in [2.05, 4.69) is 5.10 Å². The van der Waals surface area contributed by atoms with Crippen molar-refractivity contribution in [2.45, 2.75) is 6.42 Å². The van der Waals surface area contributed by atoms with E-state index in [0.717, 1.165) is 12.0 Å². The van der Waals surface area contributed by atoms with Gasteiger partial charge in [0.1, 0.15) is 5.69 Å². The van der Waals surface area contributed by atoms with Gasteiger partial charge in [0.15, 0.2) is 0 Å². The maximum atomic E-state index is 12.5. The number of carboxylic acids is 1. The van der Waals surface area contributed by atoms with E-state index >= 15 is 0 Å². The van der Waals surface area contributed by atoms with Crippen LogP contribution in [-0.4, -0.2) is 33.3 Å². The van der Waals surface area contributed by atoms with E-state index < -0.39 is 5.97 Å². The number of anilines is 1. The Morgan fingerprint density at radius 2 is 2.10 bits per heavy atom. The number of hydrogen-bond donors (Lipinski definition) is 1. The highest BCUT2D eigenvalue weighted by molar-refractivity contribution is 6.06. The smallest absolute Gasteiger partial charge is 0.335 e. The Bertz CT molecular complexity index is 705. The summed E-state index contributed by atoms with van der Waals surface area (Å²) in [7, 11) is 1.71. The molecule has 1 aromatic carbocycles. The second-order valence-corrected chi connectivity index (χ2v) is 4.70. The molecule has 0 bridgehead atoms. The van der Waals surface area contributed by atoms with Crippen molar-refractivity contribution in [1.29, 1.82) is 0 Å². The van der Waals surface area contributed by atoms with Crippen LogP contribution in [0.2, 0.25) is 0 Å². The van der Waals surface area contributed by atoms with Gasteiger partial charge in [0.25, 0.3) is 5.91 Å². The number of carboxylic acid groups (broad SMARTS) is 1. The standard InChI is InChI=1S/C14H13N3O3/c1-16-11(4-6-15-16)13(18)17-7-5-9-2-3-10(14(19)20)8-12(9)17/h2-4,6,8H,5,7H2,1H3,(H,19,20). The number of aromatic nitrogens is 2. The normalized spacial score (nSPS) is 13.3. The predicted molar refractivity (Wildman–Crippen MR) is 72.0 cm³/mol. The summed E-state index contributed by atoms with van der Waals surface area (Å²) in [5.41, 5.74) is 2.34. The average molecular weight is 271 g/mol. The van der Waals surface area contributed by atoms with Crippen molar-refractivity contribution in [2.24, 2.45) is 7.05 Å². The number of nitrogens with zero attached hydrogens (tertiary/aromatic N) is 3. The molecule has 2 heterocycles. The fourth-order valence-corrected chi connectivity index (χ4v) is 2.45. The molecule has 1 aliphatic heterocycles. The van der Waals surface area contributed by atoms with Crippen LogP contribution in [-0.2, 0) is 13.5 Å². The predicted octanol–water partition coefficient (Wildman–Crippen LogP) is 1.32. The fourth-order valence-electron chi connectivity index (χ4n) is 2.45. The molecule has 1 aliphatic rings. The van der Waals surface area contributed by atoms with Crippen molar-refractivity contribution in [2.75, 3.05) is 11.4 Å². The zero-order valence-corrected chi connectivity index (χ0v) is 10.9. The molecular weight excluding hydrogens is 258 g/mol. The lowest BCUT2D eigenvalue weighted by atomic mass is 10.1. The van der Waals surface area contributed by atoms with E-state index in [4.69, 9.17) is 5.11 Å². The van der Waals surface area contributed by atoms with Crippen LogP contribution in [0.15, 0.2) is 30.5 Å². The molecule has 1 aromatic heterocycles. The molecule has 1 amide bonds. The zero-order valence-electron chi connectivity index (χ0n) is 10.9. The fraction of sp³-hybridized carbons (Fsp3) is 0.214. The highest BCUT2D eigenvalue weighted by Gasteiger charge is 2.27. The van der Waals surface area contributed by atoms with Crippen LogP contribution in [0.1, 0.15) is 26.4 Å². The molecule has 2 aromatic rings. The monoisotopic (exact) mass is 271 g/mol. The van der Waals surface area contributed by atoms with Crippen molar-refractivity contribution >= 4 is 17.6 Å². The number of carbonyl (C=O) groups excluding carboxylic acids is 1. The number of fused-ring (bicyclic) bond motifs is 1. The van der Waals surface area contributed by atoms with E-state index in [1.807, 2.05) is 0 Å². The number of aromatic carboxylic acids is 1. The third-order valence-electron chi connectivity index (χ3n) is 3.51. The molecule has 0 fully saturated rings. The molecule has 0 saturated carbocycles. The van der Waals surface area contributed by atoms with E-state index in [9.17, 15) is 9.59 Å². The van der Waals surface area contributed by atoms with Gasteiger partial charge in [-0.1, -0.05) is 6.07 Å². The van der Waals surface area contributed by atoms with Crippen LogP contribution < -0.4 is 4.90 Å². The Hall–Kier alpha value is -2.63. The van der Waals surface area contributed by atoms with Gasteiger partial charge in [-0.25, -0.2) is 4.79 Å². The van der Waals surface area contributed by atoms with Crippen molar-refractivity contribution in [3.05, 3.63) is 47.3 Å².